The Balaban J connectivity index is 1.19. The molecule has 0 bridgehead atoms. The van der Waals surface area contributed by atoms with Crippen molar-refractivity contribution in [1.82, 2.24) is 19.8 Å². The Morgan fingerprint density at radius 1 is 1.17 bits per heavy atom. The summed E-state index contributed by atoms with van der Waals surface area (Å²) in [6.07, 6.45) is 5.76. The molecule has 1 atom stereocenters. The lowest BCUT2D eigenvalue weighted by atomic mass is 9.84. The van der Waals surface area contributed by atoms with Gasteiger partial charge >= 0.3 is 0 Å². The van der Waals surface area contributed by atoms with E-state index in [-0.39, 0.29) is 23.8 Å². The van der Waals surface area contributed by atoms with Gasteiger partial charge < -0.3 is 20.1 Å². The molecule has 0 spiro atoms. The number of pyridine rings is 1. The highest BCUT2D eigenvalue weighted by Gasteiger charge is 2.35. The Morgan fingerprint density at radius 3 is 2.83 bits per heavy atom. The van der Waals surface area contributed by atoms with E-state index in [1.807, 2.05) is 29.0 Å². The summed E-state index contributed by atoms with van der Waals surface area (Å²) in [6.45, 7) is 3.32. The van der Waals surface area contributed by atoms with Crippen LogP contribution in [-0.4, -0.2) is 57.8 Å². The Hall–Kier alpha value is -3.39. The fourth-order valence-electron chi connectivity index (χ4n) is 5.17. The zero-order chi connectivity index (χ0) is 24.1. The van der Waals surface area contributed by atoms with Crippen molar-refractivity contribution in [2.75, 3.05) is 25.5 Å². The van der Waals surface area contributed by atoms with Gasteiger partial charge in [-0.25, -0.2) is 0 Å². The van der Waals surface area contributed by atoms with Crippen LogP contribution in [0.4, 0.5) is 11.4 Å². The number of aromatic nitrogens is 2. The van der Waals surface area contributed by atoms with Crippen LogP contribution in [-0.2, 0) is 4.79 Å². The summed E-state index contributed by atoms with van der Waals surface area (Å²) < 4.78 is 0.967. The van der Waals surface area contributed by atoms with Crippen LogP contribution in [0.2, 0.25) is 0 Å². The summed E-state index contributed by atoms with van der Waals surface area (Å²) in [4.78, 5) is 38.3. The molecule has 4 heterocycles. The summed E-state index contributed by atoms with van der Waals surface area (Å²) in [5.41, 5.74) is 4.99. The number of amides is 2. The fourth-order valence-corrected chi connectivity index (χ4v) is 6.23. The topological polar surface area (TPSA) is 81.3 Å². The predicted molar refractivity (Wildman–Crippen MR) is 140 cm³/mol. The molecule has 1 aliphatic heterocycles. The van der Waals surface area contributed by atoms with Gasteiger partial charge in [0.05, 0.1) is 26.8 Å². The minimum atomic E-state index is 0.0233. The third-order valence-electron chi connectivity index (χ3n) is 7.46. The second-order valence-corrected chi connectivity index (χ2v) is 10.9. The minimum Gasteiger partial charge on any atom is -0.359 e. The Bertz CT molecular complexity index is 1440. The number of H-pyrrole nitrogens is 1. The molecule has 2 N–H and O–H groups in total. The number of benzene rings is 1. The number of aryl methyl sites for hydroxylation is 1. The van der Waals surface area contributed by atoms with Gasteiger partial charge in [0.2, 0.25) is 5.91 Å². The van der Waals surface area contributed by atoms with E-state index >= 15 is 0 Å². The molecule has 35 heavy (non-hydrogen) atoms. The van der Waals surface area contributed by atoms with E-state index in [2.05, 4.69) is 46.5 Å². The maximum Gasteiger partial charge on any atom is 0.264 e. The minimum absolute atomic E-state index is 0.0233. The molecular formula is C27H29N5O2S. The zero-order valence-corrected chi connectivity index (χ0v) is 20.8. The molecule has 2 amide bonds. The molecule has 1 unspecified atom stereocenters. The number of aromatic amines is 1. The number of anilines is 2. The van der Waals surface area contributed by atoms with Gasteiger partial charge in [0.25, 0.3) is 5.91 Å². The van der Waals surface area contributed by atoms with Crippen molar-refractivity contribution in [3.8, 4) is 0 Å². The summed E-state index contributed by atoms with van der Waals surface area (Å²) in [6, 6.07) is 12.3. The van der Waals surface area contributed by atoms with E-state index in [1.165, 1.54) is 11.3 Å². The van der Waals surface area contributed by atoms with Crippen LogP contribution in [0.1, 0.15) is 41.0 Å². The molecule has 2 aliphatic rings. The van der Waals surface area contributed by atoms with Crippen LogP contribution in [0.25, 0.3) is 21.1 Å². The van der Waals surface area contributed by atoms with Crippen molar-refractivity contribution in [2.45, 2.75) is 38.6 Å². The number of hydrogen-bond acceptors (Lipinski definition) is 5. The maximum atomic E-state index is 13.4. The first kappa shape index (κ1) is 22.1. The molecule has 1 saturated carbocycles. The standard InChI is InChI=1S/C27H29N5O2S/c1-16-12-18-13-19(6-7-21(18)29-16)30-22-8-10-28-23-14-24(35-25(22)23)27(34)32-11-9-20(15-32)31(2)26(33)17-4-3-5-17/h6-8,10,12-14,17,20,29H,3-5,9,11,15H2,1-2H3,(H,28,30). The lowest BCUT2D eigenvalue weighted by Crippen LogP contribution is -2.44. The molecule has 1 saturated heterocycles. The lowest BCUT2D eigenvalue weighted by molar-refractivity contribution is -0.138. The Labute approximate surface area is 208 Å². The van der Waals surface area contributed by atoms with Gasteiger partial charge in [0.1, 0.15) is 0 Å². The molecule has 3 aromatic heterocycles. The third kappa shape index (κ3) is 4.05. The number of thiophene rings is 1. The van der Waals surface area contributed by atoms with E-state index < -0.39 is 0 Å². The van der Waals surface area contributed by atoms with Crippen LogP contribution in [0.15, 0.2) is 42.6 Å². The molecule has 0 radical (unpaired) electrons. The molecule has 4 aromatic rings. The molecule has 6 rings (SSSR count). The van der Waals surface area contributed by atoms with Crippen molar-refractivity contribution in [3.05, 3.63) is 53.2 Å². The average molecular weight is 488 g/mol. The van der Waals surface area contributed by atoms with Gasteiger partial charge in [-0.2, -0.15) is 0 Å². The summed E-state index contributed by atoms with van der Waals surface area (Å²) in [5, 5.41) is 4.67. The first-order valence-corrected chi connectivity index (χ1v) is 13.1. The fraction of sp³-hybridized carbons (Fsp3) is 0.370. The number of rotatable bonds is 5. The van der Waals surface area contributed by atoms with Gasteiger partial charge in [-0.1, -0.05) is 6.42 Å². The van der Waals surface area contributed by atoms with Crippen LogP contribution in [0.3, 0.4) is 0 Å². The quantitative estimate of drug-likeness (QED) is 0.400. The number of likely N-dealkylation sites (tertiary alicyclic amines) is 1. The van der Waals surface area contributed by atoms with E-state index in [0.29, 0.717) is 18.0 Å². The second-order valence-electron chi connectivity index (χ2n) is 9.83. The Kier molecular flexibility index (Phi) is 5.48. The second kappa shape index (κ2) is 8.68. The number of nitrogens with one attached hydrogen (secondary N) is 2. The first-order valence-electron chi connectivity index (χ1n) is 12.3. The number of nitrogens with zero attached hydrogens (tertiary/aromatic N) is 3. The molecule has 1 aliphatic carbocycles. The van der Waals surface area contributed by atoms with E-state index in [1.54, 1.807) is 6.20 Å². The summed E-state index contributed by atoms with van der Waals surface area (Å²) >= 11 is 1.48. The molecule has 2 fully saturated rings. The number of likely N-dealkylation sites (N-methyl/N-ethyl adjacent to an activating group) is 1. The van der Waals surface area contributed by atoms with Gasteiger partial charge in [0.15, 0.2) is 0 Å². The van der Waals surface area contributed by atoms with Crippen LogP contribution in [0, 0.1) is 12.8 Å². The summed E-state index contributed by atoms with van der Waals surface area (Å²) in [5.74, 6) is 0.451. The predicted octanol–water partition coefficient (Wildman–Crippen LogP) is 5.30. The Morgan fingerprint density at radius 2 is 2.03 bits per heavy atom. The van der Waals surface area contributed by atoms with Crippen molar-refractivity contribution >= 4 is 55.6 Å². The highest BCUT2D eigenvalue weighted by Crippen LogP contribution is 2.35. The number of carbonyl (C=O) groups excluding carboxylic acids is 2. The van der Waals surface area contributed by atoms with Crippen molar-refractivity contribution < 1.29 is 9.59 Å². The van der Waals surface area contributed by atoms with E-state index in [9.17, 15) is 9.59 Å². The molecule has 1 aromatic carbocycles. The number of carbonyl (C=O) groups is 2. The number of fused-ring (bicyclic) bond motifs is 2. The zero-order valence-electron chi connectivity index (χ0n) is 20.0. The molecule has 8 heteroatoms. The van der Waals surface area contributed by atoms with Gasteiger partial charge in [0, 0.05) is 54.5 Å². The summed E-state index contributed by atoms with van der Waals surface area (Å²) in [7, 11) is 1.90. The van der Waals surface area contributed by atoms with E-state index in [0.717, 1.165) is 63.9 Å². The smallest absolute Gasteiger partial charge is 0.264 e. The monoisotopic (exact) mass is 487 g/mol. The van der Waals surface area contributed by atoms with Crippen molar-refractivity contribution in [2.24, 2.45) is 5.92 Å². The van der Waals surface area contributed by atoms with Crippen LogP contribution in [0.5, 0.6) is 0 Å². The lowest BCUT2D eigenvalue weighted by Gasteiger charge is -2.32. The van der Waals surface area contributed by atoms with Crippen LogP contribution >= 0.6 is 11.3 Å². The molecule has 180 valence electrons. The normalized spacial score (nSPS) is 18.2. The molecular weight excluding hydrogens is 458 g/mol. The average Bonchev–Trinajstić information content (AvgIpc) is 3.54. The molecule has 7 nitrogen and oxygen atoms in total. The van der Waals surface area contributed by atoms with E-state index in [4.69, 9.17) is 0 Å². The SMILES string of the molecule is Cc1cc2cc(Nc3ccnc4cc(C(=O)N5CCC(N(C)C(=O)C6CCC6)C5)sc34)ccc2[nH]1. The third-order valence-corrected chi connectivity index (χ3v) is 8.60. The maximum absolute atomic E-state index is 13.4. The van der Waals surface area contributed by atoms with Gasteiger partial charge in [-0.15, -0.1) is 11.3 Å². The van der Waals surface area contributed by atoms with Crippen molar-refractivity contribution in [1.29, 1.82) is 0 Å². The largest absolute Gasteiger partial charge is 0.359 e. The first-order chi connectivity index (χ1) is 17.0. The van der Waals surface area contributed by atoms with Crippen molar-refractivity contribution in [3.63, 3.8) is 0 Å². The van der Waals surface area contributed by atoms with Crippen LogP contribution < -0.4 is 5.32 Å². The highest BCUT2D eigenvalue weighted by atomic mass is 32.1. The highest BCUT2D eigenvalue weighted by molar-refractivity contribution is 7.21. The number of hydrogen-bond donors (Lipinski definition) is 2. The van der Waals surface area contributed by atoms with Gasteiger partial charge in [-0.05, 0) is 62.6 Å². The van der Waals surface area contributed by atoms with Gasteiger partial charge in [-0.3, -0.25) is 14.6 Å².